The standard InChI is InChI=1S/C15H29NO3.C12H23NO6.C10H21NO.C4H11NO3.CH2Cl2/c1-7-15(8-2,9-3)10-12(17)11-16-13(18)19-14(4,5)6;1-11(2,3)19-10(18)13-5-9(17)4-12(6-14,7-15)8-16;1-4-10(5-2,6-3)7-9(12)8-11;5-4(1-6,2-7)3-8;2-1-3/h7-11H2,1-6H3,(H,16,18);14-16H,4-8H2,1-3H3,(H,13,18);4-8,11H2,1-3H3;6-8H,1-3,5H2;1H2. The Balaban J connectivity index is -0.000000233. The zero-order chi connectivity index (χ0) is 49.2. The number of alkyl halides is 2. The minimum absolute atomic E-state index is 0.0522. The molecule has 366 valence electrons. The van der Waals surface area contributed by atoms with Crippen molar-refractivity contribution in [3.05, 3.63) is 0 Å². The molecule has 0 saturated carbocycles. The van der Waals surface area contributed by atoms with E-state index >= 15 is 0 Å². The monoisotopic (exact) mass is 925 g/mol. The van der Waals surface area contributed by atoms with Crippen molar-refractivity contribution in [1.29, 1.82) is 0 Å². The van der Waals surface area contributed by atoms with E-state index in [1.165, 1.54) is 0 Å². The molecule has 0 bridgehead atoms. The summed E-state index contributed by atoms with van der Waals surface area (Å²) in [5.41, 5.74) is 7.08. The van der Waals surface area contributed by atoms with Gasteiger partial charge in [0.15, 0.2) is 11.6 Å². The van der Waals surface area contributed by atoms with Crippen LogP contribution in [-0.4, -0.2) is 142 Å². The molecule has 0 aliphatic rings. The molecule has 0 unspecified atom stereocenters. The molecule has 0 saturated heterocycles. The number of ketones is 3. The summed E-state index contributed by atoms with van der Waals surface area (Å²) in [5, 5.41) is 57.2. The Morgan fingerprint density at radius 2 is 0.738 bits per heavy atom. The molecule has 0 radical (unpaired) electrons. The van der Waals surface area contributed by atoms with Crippen LogP contribution in [0.4, 0.5) is 9.59 Å². The number of amides is 2. The van der Waals surface area contributed by atoms with Gasteiger partial charge < -0.3 is 62.2 Å². The van der Waals surface area contributed by atoms with Crippen LogP contribution in [-0.2, 0) is 23.9 Å². The molecule has 0 aliphatic heterocycles. The third-order valence-corrected chi connectivity index (χ3v) is 10.1. The van der Waals surface area contributed by atoms with E-state index in [1.807, 2.05) is 0 Å². The molecule has 0 rings (SSSR count). The van der Waals surface area contributed by atoms with Gasteiger partial charge >= 0.3 is 12.2 Å². The highest BCUT2D eigenvalue weighted by Gasteiger charge is 2.32. The van der Waals surface area contributed by atoms with Crippen LogP contribution in [0.1, 0.15) is 141 Å². The number of nitrogens with one attached hydrogen (secondary N) is 2. The van der Waals surface area contributed by atoms with E-state index < -0.39 is 79.8 Å². The average molecular weight is 926 g/mol. The topological polar surface area (TPSA) is 301 Å². The van der Waals surface area contributed by atoms with Crippen molar-refractivity contribution in [2.45, 2.75) is 158 Å². The third kappa shape index (κ3) is 35.9. The number of aliphatic hydroxyl groups excluding tert-OH is 6. The van der Waals surface area contributed by atoms with E-state index in [1.54, 1.807) is 41.5 Å². The highest BCUT2D eigenvalue weighted by molar-refractivity contribution is 6.40. The van der Waals surface area contributed by atoms with E-state index in [2.05, 4.69) is 52.2 Å². The average Bonchev–Trinajstić information content (AvgIpc) is 3.22. The maximum atomic E-state index is 11.9. The summed E-state index contributed by atoms with van der Waals surface area (Å²) in [6.07, 6.45) is 5.88. The number of nitrogens with two attached hydrogens (primary N) is 2. The second-order valence-corrected chi connectivity index (χ2v) is 17.9. The van der Waals surface area contributed by atoms with E-state index in [0.29, 0.717) is 12.8 Å². The molecule has 0 aromatic rings. The first kappa shape index (κ1) is 67.9. The Kier molecular flexibility index (Phi) is 40.3. The highest BCUT2D eigenvalue weighted by Crippen LogP contribution is 2.35. The smallest absolute Gasteiger partial charge is 0.408 e. The molecule has 0 aliphatic carbocycles. The minimum Gasteiger partial charge on any atom is -0.444 e. The van der Waals surface area contributed by atoms with Crippen molar-refractivity contribution >= 4 is 52.7 Å². The van der Waals surface area contributed by atoms with Gasteiger partial charge in [0.25, 0.3) is 0 Å². The zero-order valence-corrected chi connectivity index (χ0v) is 40.9. The number of alkyl carbamates (subject to hydrolysis) is 2. The third-order valence-electron chi connectivity index (χ3n) is 10.1. The van der Waals surface area contributed by atoms with Crippen LogP contribution in [0.5, 0.6) is 0 Å². The number of halogens is 2. The van der Waals surface area contributed by atoms with Gasteiger partial charge in [-0.3, -0.25) is 14.4 Å². The van der Waals surface area contributed by atoms with Crippen molar-refractivity contribution in [2.24, 2.45) is 27.7 Å². The summed E-state index contributed by atoms with van der Waals surface area (Å²) in [4.78, 5) is 57.5. The lowest BCUT2D eigenvalue weighted by atomic mass is 9.76. The molecule has 0 heterocycles. The summed E-state index contributed by atoms with van der Waals surface area (Å²) >= 11 is 9.53. The Morgan fingerprint density at radius 3 is 0.918 bits per heavy atom. The molecule has 0 aromatic carbocycles. The van der Waals surface area contributed by atoms with Gasteiger partial charge in [0.2, 0.25) is 0 Å². The van der Waals surface area contributed by atoms with Crippen molar-refractivity contribution in [3.63, 3.8) is 0 Å². The zero-order valence-electron chi connectivity index (χ0n) is 39.4. The lowest BCUT2D eigenvalue weighted by Gasteiger charge is -2.29. The lowest BCUT2D eigenvalue weighted by Crippen LogP contribution is -2.50. The van der Waals surface area contributed by atoms with Gasteiger partial charge in [0.05, 0.1) is 70.2 Å². The number of Topliss-reactive ketones (excluding diaryl/α,β-unsaturated/α-hetero) is 3. The number of hydrogen-bond acceptors (Lipinski definition) is 15. The lowest BCUT2D eigenvalue weighted by molar-refractivity contribution is -0.124. The van der Waals surface area contributed by atoms with E-state index in [9.17, 15) is 24.0 Å². The van der Waals surface area contributed by atoms with E-state index in [0.717, 1.165) is 38.5 Å². The number of carbonyl (C=O) groups excluding carboxylic acids is 5. The van der Waals surface area contributed by atoms with Crippen LogP contribution in [0.2, 0.25) is 0 Å². The van der Waals surface area contributed by atoms with Crippen molar-refractivity contribution in [2.75, 3.05) is 64.6 Å². The van der Waals surface area contributed by atoms with Crippen molar-refractivity contribution in [3.8, 4) is 0 Å². The number of aliphatic hydroxyl groups is 6. The van der Waals surface area contributed by atoms with Gasteiger partial charge in [-0.15, -0.1) is 23.2 Å². The van der Waals surface area contributed by atoms with Crippen LogP contribution < -0.4 is 22.1 Å². The van der Waals surface area contributed by atoms with Crippen molar-refractivity contribution in [1.82, 2.24) is 10.6 Å². The maximum Gasteiger partial charge on any atom is 0.408 e. The summed E-state index contributed by atoms with van der Waals surface area (Å²) in [6.45, 7) is 20.5. The normalized spacial score (nSPS) is 11.7. The molecule has 0 fully saturated rings. The van der Waals surface area contributed by atoms with Crippen LogP contribution in [0, 0.1) is 16.2 Å². The van der Waals surface area contributed by atoms with Gasteiger partial charge in [-0.05, 0) is 52.4 Å². The Labute approximate surface area is 376 Å². The van der Waals surface area contributed by atoms with Gasteiger partial charge in [0.1, 0.15) is 17.0 Å². The second-order valence-electron chi connectivity index (χ2n) is 17.1. The number of rotatable bonds is 23. The largest absolute Gasteiger partial charge is 0.444 e. The second kappa shape index (κ2) is 36.2. The van der Waals surface area contributed by atoms with E-state index in [-0.39, 0.29) is 53.8 Å². The van der Waals surface area contributed by atoms with E-state index in [4.69, 9.17) is 74.8 Å². The summed E-state index contributed by atoms with van der Waals surface area (Å²) in [7, 11) is 0. The molecule has 61 heavy (non-hydrogen) atoms. The Bertz CT molecular complexity index is 1070. The SMILES string of the molecule is CC(C)(C)OC(=O)NCC(=O)CC(CO)(CO)CO.CCC(CC)(CC)CC(=O)CN.CCC(CC)(CC)CC(=O)CNC(=O)OC(C)(C)C.ClCCl.NC(CO)(CO)CO. The molecule has 2 amide bonds. The molecule has 0 spiro atoms. The van der Waals surface area contributed by atoms with Crippen LogP contribution >= 0.6 is 23.2 Å². The van der Waals surface area contributed by atoms with Crippen LogP contribution in [0.25, 0.3) is 0 Å². The van der Waals surface area contributed by atoms with Gasteiger partial charge in [0, 0.05) is 24.7 Å². The molecule has 0 atom stereocenters. The number of hydrogen-bond donors (Lipinski definition) is 10. The quantitative estimate of drug-likeness (QED) is 0.0639. The highest BCUT2D eigenvalue weighted by atomic mass is 35.5. The Hall–Kier alpha value is -2.19. The molecule has 12 N–H and O–H groups in total. The first-order chi connectivity index (χ1) is 28.1. The molecule has 19 heteroatoms. The summed E-state index contributed by atoms with van der Waals surface area (Å²) in [5.74, 6) is -0.153. The summed E-state index contributed by atoms with van der Waals surface area (Å²) in [6, 6.07) is 0. The molecular formula is C42H86Cl2N4O13. The first-order valence-corrected chi connectivity index (χ1v) is 21.9. The Morgan fingerprint density at radius 1 is 0.492 bits per heavy atom. The fraction of sp³-hybridized carbons (Fsp3) is 0.881. The van der Waals surface area contributed by atoms with Crippen LogP contribution in [0.3, 0.4) is 0 Å². The first-order valence-electron chi connectivity index (χ1n) is 20.8. The minimum atomic E-state index is -1.26. The fourth-order valence-corrected chi connectivity index (χ4v) is 5.14. The summed E-state index contributed by atoms with van der Waals surface area (Å²) < 4.78 is 10.0. The van der Waals surface area contributed by atoms with Gasteiger partial charge in [-0.25, -0.2) is 9.59 Å². The maximum absolute atomic E-state index is 11.9. The molecule has 17 nitrogen and oxygen atoms in total. The molecular weight excluding hydrogens is 839 g/mol. The molecule has 0 aromatic heterocycles. The van der Waals surface area contributed by atoms with Gasteiger partial charge in [-0.2, -0.15) is 0 Å². The fourth-order valence-electron chi connectivity index (χ4n) is 5.14. The number of carbonyl (C=O) groups is 5. The number of ether oxygens (including phenoxy) is 2. The predicted octanol–water partition coefficient (Wildman–Crippen LogP) is 4.32. The van der Waals surface area contributed by atoms with Crippen LogP contribution in [0.15, 0.2) is 0 Å². The van der Waals surface area contributed by atoms with Gasteiger partial charge in [-0.1, -0.05) is 80.1 Å². The van der Waals surface area contributed by atoms with Crippen molar-refractivity contribution < 1.29 is 64.1 Å². The predicted molar refractivity (Wildman–Crippen MR) is 241 cm³/mol.